The van der Waals surface area contributed by atoms with Gasteiger partial charge in [-0.25, -0.2) is 14.2 Å². The van der Waals surface area contributed by atoms with E-state index in [4.69, 9.17) is 0 Å². The van der Waals surface area contributed by atoms with Gasteiger partial charge in [-0.15, -0.1) is 0 Å². The molecule has 3 rings (SSSR count). The number of aromatic nitrogens is 1. The zero-order valence-corrected chi connectivity index (χ0v) is 14.8. The number of anilines is 1. The summed E-state index contributed by atoms with van der Waals surface area (Å²) in [5, 5.41) is 0. The molecule has 25 heavy (non-hydrogen) atoms. The average molecular weight is 337 g/mol. The van der Waals surface area contributed by atoms with Gasteiger partial charge >= 0.3 is 6.03 Å². The molecule has 1 aliphatic heterocycles. The van der Waals surface area contributed by atoms with Crippen LogP contribution in [0.5, 0.6) is 0 Å². The van der Waals surface area contributed by atoms with Gasteiger partial charge in [0.1, 0.15) is 11.6 Å². The van der Waals surface area contributed by atoms with Crippen molar-refractivity contribution >= 4 is 11.8 Å². The summed E-state index contributed by atoms with van der Waals surface area (Å²) in [5.41, 5.74) is 1.98. The maximum Gasteiger partial charge on any atom is 0.326 e. The Morgan fingerprint density at radius 2 is 1.92 bits per heavy atom. The monoisotopic (exact) mass is 337 g/mol. The number of aryl methyl sites for hydroxylation is 1. The van der Waals surface area contributed by atoms with Crippen molar-refractivity contribution in [3.8, 4) is 11.8 Å². The number of urea groups is 1. The molecular formula is C20H20FN3O. The molecule has 1 saturated heterocycles. The second-order valence-electron chi connectivity index (χ2n) is 6.87. The number of benzene rings is 1. The maximum absolute atomic E-state index is 13.2. The SMILES string of the molecule is Cc1cc(C#Cc2cccc(F)c2)cnc1N1CC(C)(C)N(C)C1=O. The van der Waals surface area contributed by atoms with Crippen molar-refractivity contribution in [2.45, 2.75) is 26.3 Å². The lowest BCUT2D eigenvalue weighted by molar-refractivity contribution is 0.198. The fourth-order valence-corrected chi connectivity index (χ4v) is 2.80. The average Bonchev–Trinajstić information content (AvgIpc) is 2.76. The number of halogens is 1. The molecule has 0 radical (unpaired) electrons. The lowest BCUT2D eigenvalue weighted by Gasteiger charge is -2.24. The van der Waals surface area contributed by atoms with Gasteiger partial charge in [0.15, 0.2) is 0 Å². The Balaban J connectivity index is 1.87. The van der Waals surface area contributed by atoms with E-state index in [0.717, 1.165) is 11.1 Å². The molecule has 0 atom stereocenters. The first-order valence-electron chi connectivity index (χ1n) is 8.07. The van der Waals surface area contributed by atoms with Crippen LogP contribution in [0.4, 0.5) is 15.0 Å². The van der Waals surface area contributed by atoms with Gasteiger partial charge in [-0.3, -0.25) is 4.90 Å². The van der Waals surface area contributed by atoms with E-state index < -0.39 is 0 Å². The van der Waals surface area contributed by atoms with Gasteiger partial charge in [0, 0.05) is 24.4 Å². The molecule has 2 aromatic rings. The summed E-state index contributed by atoms with van der Waals surface area (Å²) >= 11 is 0. The third-order valence-electron chi connectivity index (χ3n) is 4.45. The van der Waals surface area contributed by atoms with Crippen molar-refractivity contribution in [3.63, 3.8) is 0 Å². The van der Waals surface area contributed by atoms with Crippen molar-refractivity contribution in [2.24, 2.45) is 0 Å². The lowest BCUT2D eigenvalue weighted by atomic mass is 10.1. The van der Waals surface area contributed by atoms with Crippen molar-refractivity contribution in [1.29, 1.82) is 0 Å². The Morgan fingerprint density at radius 1 is 1.20 bits per heavy atom. The molecular weight excluding hydrogens is 317 g/mol. The molecule has 1 aliphatic rings. The molecule has 0 spiro atoms. The van der Waals surface area contributed by atoms with Gasteiger partial charge in [0.2, 0.25) is 0 Å². The Kier molecular flexibility index (Phi) is 4.22. The van der Waals surface area contributed by atoms with Crippen LogP contribution in [0.2, 0.25) is 0 Å². The van der Waals surface area contributed by atoms with Gasteiger partial charge in [-0.1, -0.05) is 17.9 Å². The van der Waals surface area contributed by atoms with E-state index in [9.17, 15) is 9.18 Å². The molecule has 1 aromatic heterocycles. The first kappa shape index (κ1) is 17.0. The zero-order valence-electron chi connectivity index (χ0n) is 14.8. The number of likely N-dealkylation sites (N-methyl/N-ethyl adjacent to an activating group) is 1. The number of rotatable bonds is 1. The fraction of sp³-hybridized carbons (Fsp3) is 0.300. The zero-order chi connectivity index (χ0) is 18.2. The Morgan fingerprint density at radius 3 is 2.52 bits per heavy atom. The lowest BCUT2D eigenvalue weighted by Crippen LogP contribution is -2.38. The van der Waals surface area contributed by atoms with Crippen LogP contribution in [0.1, 0.15) is 30.5 Å². The Bertz CT molecular complexity index is 895. The molecule has 0 saturated carbocycles. The van der Waals surface area contributed by atoms with E-state index in [0.29, 0.717) is 17.9 Å². The molecule has 0 aliphatic carbocycles. The molecule has 1 aromatic carbocycles. The van der Waals surface area contributed by atoms with Crippen LogP contribution >= 0.6 is 0 Å². The van der Waals surface area contributed by atoms with Crippen molar-refractivity contribution in [1.82, 2.24) is 9.88 Å². The number of amides is 2. The minimum Gasteiger partial charge on any atom is -0.320 e. The second-order valence-corrected chi connectivity index (χ2v) is 6.87. The van der Waals surface area contributed by atoms with Crippen molar-refractivity contribution < 1.29 is 9.18 Å². The van der Waals surface area contributed by atoms with E-state index in [1.54, 1.807) is 35.2 Å². The van der Waals surface area contributed by atoms with Crippen LogP contribution in [0.25, 0.3) is 0 Å². The summed E-state index contributed by atoms with van der Waals surface area (Å²) in [6, 6.07) is 8.00. The number of pyridine rings is 1. The quantitative estimate of drug-likeness (QED) is 0.746. The predicted molar refractivity (Wildman–Crippen MR) is 95.9 cm³/mol. The smallest absolute Gasteiger partial charge is 0.320 e. The number of carbonyl (C=O) groups is 1. The molecule has 0 bridgehead atoms. The van der Waals surface area contributed by atoms with Crippen molar-refractivity contribution in [2.75, 3.05) is 18.5 Å². The number of hydrogen-bond donors (Lipinski definition) is 0. The third kappa shape index (κ3) is 3.34. The highest BCUT2D eigenvalue weighted by atomic mass is 19.1. The van der Waals surface area contributed by atoms with Gasteiger partial charge in [0.25, 0.3) is 0 Å². The minimum absolute atomic E-state index is 0.0563. The van der Waals surface area contributed by atoms with Gasteiger partial charge in [-0.05, 0) is 50.6 Å². The summed E-state index contributed by atoms with van der Waals surface area (Å²) in [5.74, 6) is 6.26. The highest BCUT2D eigenvalue weighted by molar-refractivity contribution is 5.94. The standard InChI is InChI=1S/C20H20FN3O/c1-14-10-16(9-8-15-6-5-7-17(21)11-15)12-22-18(14)24-13-20(2,3)23(4)19(24)25/h5-7,10-12H,13H2,1-4H3. The first-order chi connectivity index (χ1) is 11.8. The highest BCUT2D eigenvalue weighted by Crippen LogP contribution is 2.29. The van der Waals surface area contributed by atoms with Crippen LogP contribution in [-0.4, -0.2) is 35.0 Å². The van der Waals surface area contributed by atoms with E-state index >= 15 is 0 Å². The predicted octanol–water partition coefficient (Wildman–Crippen LogP) is 3.58. The van der Waals surface area contributed by atoms with E-state index in [2.05, 4.69) is 16.8 Å². The van der Waals surface area contributed by atoms with Crippen LogP contribution in [-0.2, 0) is 0 Å². The molecule has 2 heterocycles. The number of nitrogens with zero attached hydrogens (tertiary/aromatic N) is 3. The van der Waals surface area contributed by atoms with E-state index in [1.165, 1.54) is 12.1 Å². The maximum atomic E-state index is 13.2. The summed E-state index contributed by atoms with van der Waals surface area (Å²) < 4.78 is 13.2. The molecule has 0 N–H and O–H groups in total. The molecule has 128 valence electrons. The van der Waals surface area contributed by atoms with Gasteiger partial charge in [0.05, 0.1) is 12.1 Å². The summed E-state index contributed by atoms with van der Waals surface area (Å²) in [6.45, 7) is 6.55. The topological polar surface area (TPSA) is 36.4 Å². The molecule has 0 unspecified atom stereocenters. The summed E-state index contributed by atoms with van der Waals surface area (Å²) in [7, 11) is 1.80. The highest BCUT2D eigenvalue weighted by Gasteiger charge is 2.42. The van der Waals surface area contributed by atoms with Crippen molar-refractivity contribution in [3.05, 3.63) is 59.0 Å². The minimum atomic E-state index is -0.310. The second kappa shape index (κ2) is 6.21. The number of carbonyl (C=O) groups excluding carboxylic acids is 1. The number of hydrogen-bond acceptors (Lipinski definition) is 2. The molecule has 5 heteroatoms. The van der Waals surface area contributed by atoms with Gasteiger partial charge in [-0.2, -0.15) is 0 Å². The van der Waals surface area contributed by atoms with Crippen LogP contribution in [0.3, 0.4) is 0 Å². The van der Waals surface area contributed by atoms with Crippen LogP contribution < -0.4 is 4.90 Å². The first-order valence-corrected chi connectivity index (χ1v) is 8.07. The van der Waals surface area contributed by atoms with E-state index in [-0.39, 0.29) is 17.4 Å². The van der Waals surface area contributed by atoms with Crippen LogP contribution in [0.15, 0.2) is 36.5 Å². The largest absolute Gasteiger partial charge is 0.326 e. The summed E-state index contributed by atoms with van der Waals surface area (Å²) in [4.78, 5) is 20.3. The normalized spacial score (nSPS) is 16.0. The van der Waals surface area contributed by atoms with E-state index in [1.807, 2.05) is 26.8 Å². The molecule has 1 fully saturated rings. The fourth-order valence-electron chi connectivity index (χ4n) is 2.80. The molecule has 2 amide bonds. The Hall–Kier alpha value is -2.87. The van der Waals surface area contributed by atoms with Crippen LogP contribution in [0, 0.1) is 24.6 Å². The Labute approximate surface area is 147 Å². The van der Waals surface area contributed by atoms with Gasteiger partial charge < -0.3 is 4.90 Å². The third-order valence-corrected chi connectivity index (χ3v) is 4.45. The molecule has 4 nitrogen and oxygen atoms in total. The summed E-state index contributed by atoms with van der Waals surface area (Å²) in [6.07, 6.45) is 1.65.